The molecule has 0 N–H and O–H groups in total. The van der Waals surface area contributed by atoms with Crippen molar-refractivity contribution in [1.29, 1.82) is 0 Å². The lowest BCUT2D eigenvalue weighted by Crippen LogP contribution is -1.92. The maximum atomic E-state index is 6.74. The van der Waals surface area contributed by atoms with Crippen LogP contribution >= 0.6 is 11.3 Å². The van der Waals surface area contributed by atoms with Crippen molar-refractivity contribution in [1.82, 2.24) is 0 Å². The Labute approximate surface area is 377 Å². The van der Waals surface area contributed by atoms with Gasteiger partial charge in [0, 0.05) is 36.9 Å². The average Bonchev–Trinajstić information content (AvgIpc) is 4.10. The third kappa shape index (κ3) is 5.66. The largest absolute Gasteiger partial charge is 0.456 e. The second-order valence-corrected chi connectivity index (χ2v) is 18.2. The summed E-state index contributed by atoms with van der Waals surface area (Å²) in [6.45, 7) is 0. The minimum Gasteiger partial charge on any atom is -0.456 e. The highest BCUT2D eigenvalue weighted by molar-refractivity contribution is 7.18. The molecular formula is C62H36O2S. The number of hydrogen-bond donors (Lipinski definition) is 0. The molecule has 0 unspecified atom stereocenters. The fraction of sp³-hybridized carbons (Fsp3) is 0. The summed E-state index contributed by atoms with van der Waals surface area (Å²) in [5, 5.41) is 14.0. The van der Waals surface area contributed by atoms with Crippen LogP contribution in [0.2, 0.25) is 0 Å². The Morgan fingerprint density at radius 1 is 0.246 bits per heavy atom. The van der Waals surface area contributed by atoms with Gasteiger partial charge < -0.3 is 8.83 Å². The molecule has 0 spiro atoms. The maximum absolute atomic E-state index is 6.74. The van der Waals surface area contributed by atoms with Gasteiger partial charge in [-0.05, 0) is 143 Å². The second kappa shape index (κ2) is 14.1. The van der Waals surface area contributed by atoms with E-state index in [0.29, 0.717) is 0 Å². The Morgan fingerprint density at radius 3 is 1.60 bits per heavy atom. The summed E-state index contributed by atoms with van der Waals surface area (Å²) in [6, 6.07) is 79.4. The molecule has 0 aliphatic rings. The Balaban J connectivity index is 1.06. The molecule has 0 saturated heterocycles. The zero-order chi connectivity index (χ0) is 42.6. The molecule has 3 heterocycles. The highest BCUT2D eigenvalue weighted by atomic mass is 32.1. The molecule has 0 saturated carbocycles. The number of benzene rings is 11. The van der Waals surface area contributed by atoms with Crippen LogP contribution in [0.1, 0.15) is 0 Å². The van der Waals surface area contributed by atoms with E-state index in [0.717, 1.165) is 60.4 Å². The van der Waals surface area contributed by atoms with Gasteiger partial charge in [-0.2, -0.15) is 0 Å². The highest BCUT2D eigenvalue weighted by Crippen LogP contribution is 2.49. The van der Waals surface area contributed by atoms with E-state index in [1.165, 1.54) is 80.8 Å². The van der Waals surface area contributed by atoms with Crippen LogP contribution in [-0.4, -0.2) is 0 Å². The first kappa shape index (κ1) is 36.3. The monoisotopic (exact) mass is 844 g/mol. The molecule has 14 rings (SSSR count). The van der Waals surface area contributed by atoms with Gasteiger partial charge in [-0.3, -0.25) is 0 Å². The van der Waals surface area contributed by atoms with Crippen LogP contribution < -0.4 is 0 Å². The van der Waals surface area contributed by atoms with Crippen molar-refractivity contribution in [3.63, 3.8) is 0 Å². The molecule has 0 bridgehead atoms. The second-order valence-electron chi connectivity index (χ2n) is 17.1. The number of hydrogen-bond acceptors (Lipinski definition) is 3. The number of thiophene rings is 1. The van der Waals surface area contributed by atoms with Gasteiger partial charge >= 0.3 is 0 Å². The van der Waals surface area contributed by atoms with Gasteiger partial charge in [0.25, 0.3) is 0 Å². The highest BCUT2D eigenvalue weighted by Gasteiger charge is 2.22. The topological polar surface area (TPSA) is 26.3 Å². The lowest BCUT2D eigenvalue weighted by Gasteiger charge is -2.19. The number of furan rings is 2. The zero-order valence-corrected chi connectivity index (χ0v) is 35.8. The fourth-order valence-corrected chi connectivity index (χ4v) is 11.5. The Kier molecular flexibility index (Phi) is 7.89. The van der Waals surface area contributed by atoms with Gasteiger partial charge in [-0.25, -0.2) is 0 Å². The van der Waals surface area contributed by atoms with Crippen LogP contribution in [0.15, 0.2) is 227 Å². The first-order valence-electron chi connectivity index (χ1n) is 22.1. The minimum absolute atomic E-state index is 0.879. The molecular weight excluding hydrogens is 809 g/mol. The molecule has 0 atom stereocenters. The lowest BCUT2D eigenvalue weighted by atomic mass is 9.83. The van der Waals surface area contributed by atoms with Gasteiger partial charge in [-0.1, -0.05) is 158 Å². The Morgan fingerprint density at radius 2 is 0.785 bits per heavy atom. The average molecular weight is 845 g/mol. The van der Waals surface area contributed by atoms with Crippen LogP contribution in [0.25, 0.3) is 141 Å². The summed E-state index contributed by atoms with van der Waals surface area (Å²) in [7, 11) is 0. The van der Waals surface area contributed by atoms with Gasteiger partial charge in [0.2, 0.25) is 0 Å². The lowest BCUT2D eigenvalue weighted by molar-refractivity contribution is 0.669. The van der Waals surface area contributed by atoms with E-state index in [1.807, 2.05) is 11.3 Å². The Hall–Kier alpha value is -8.24. The minimum atomic E-state index is 0.879. The van der Waals surface area contributed by atoms with Crippen LogP contribution in [0.3, 0.4) is 0 Å². The Bertz CT molecular complexity index is 4240. The fourth-order valence-electron chi connectivity index (χ4n) is 10.5. The van der Waals surface area contributed by atoms with Crippen molar-refractivity contribution in [3.8, 4) is 54.3 Å². The van der Waals surface area contributed by atoms with E-state index in [1.54, 1.807) is 0 Å². The first-order valence-corrected chi connectivity index (χ1v) is 23.0. The van der Waals surface area contributed by atoms with Crippen LogP contribution in [0.4, 0.5) is 0 Å². The van der Waals surface area contributed by atoms with Crippen molar-refractivity contribution >= 4 is 98.3 Å². The van der Waals surface area contributed by atoms with Crippen molar-refractivity contribution in [2.75, 3.05) is 0 Å². The molecule has 11 aromatic carbocycles. The predicted octanol–water partition coefficient (Wildman–Crippen LogP) is 18.5. The summed E-state index contributed by atoms with van der Waals surface area (Å²) in [6.07, 6.45) is 0. The third-order valence-corrected chi connectivity index (χ3v) is 14.6. The summed E-state index contributed by atoms with van der Waals surface area (Å²) in [5.41, 5.74) is 13.0. The number of fused-ring (bicyclic) bond motifs is 10. The smallest absolute Gasteiger partial charge is 0.136 e. The molecule has 0 fully saturated rings. The van der Waals surface area contributed by atoms with Gasteiger partial charge in [0.15, 0.2) is 0 Å². The van der Waals surface area contributed by atoms with Gasteiger partial charge in [-0.15, -0.1) is 11.3 Å². The third-order valence-electron chi connectivity index (χ3n) is 13.4. The molecule has 302 valence electrons. The molecule has 0 aliphatic heterocycles. The van der Waals surface area contributed by atoms with Crippen LogP contribution in [0, 0.1) is 0 Å². The molecule has 3 heteroatoms. The van der Waals surface area contributed by atoms with Crippen molar-refractivity contribution in [3.05, 3.63) is 218 Å². The number of para-hydroxylation sites is 1. The quantitative estimate of drug-likeness (QED) is 0.161. The van der Waals surface area contributed by atoms with Crippen LogP contribution in [0.5, 0.6) is 0 Å². The van der Waals surface area contributed by atoms with E-state index >= 15 is 0 Å². The first-order chi connectivity index (χ1) is 32.2. The predicted molar refractivity (Wildman–Crippen MR) is 276 cm³/mol. The van der Waals surface area contributed by atoms with E-state index in [-0.39, 0.29) is 0 Å². The van der Waals surface area contributed by atoms with Crippen LogP contribution in [-0.2, 0) is 0 Å². The van der Waals surface area contributed by atoms with Crippen molar-refractivity contribution in [2.45, 2.75) is 0 Å². The van der Waals surface area contributed by atoms with Crippen molar-refractivity contribution in [2.24, 2.45) is 0 Å². The summed E-state index contributed by atoms with van der Waals surface area (Å²) in [4.78, 5) is 2.51. The molecule has 0 aliphatic carbocycles. The zero-order valence-electron chi connectivity index (χ0n) is 35.0. The maximum Gasteiger partial charge on any atom is 0.136 e. The molecule has 2 nitrogen and oxygen atoms in total. The summed E-state index contributed by atoms with van der Waals surface area (Å²) < 4.78 is 13.3. The van der Waals surface area contributed by atoms with E-state index in [9.17, 15) is 0 Å². The standard InChI is InChI=1S/C62H36O2S/c1-2-13-37(14-3-1)57-29-30-58(65-57)41-18-12-19-42(31-41)59-47-21-8-9-22-48(47)60(44-25-27-46-51-32-38-15-4-5-16-39(38)34-55(51)64-54(46)36-44)52-33-43(26-28-49(52)59)61-45-20-7-6-17-40(45)35-56-62(61)50-23-10-11-24-53(50)63-56/h1-36H. The summed E-state index contributed by atoms with van der Waals surface area (Å²) in [5.74, 6) is 0. The molecule has 0 radical (unpaired) electrons. The van der Waals surface area contributed by atoms with Gasteiger partial charge in [0.1, 0.15) is 22.3 Å². The van der Waals surface area contributed by atoms with Crippen molar-refractivity contribution < 1.29 is 8.83 Å². The number of rotatable bonds is 5. The van der Waals surface area contributed by atoms with Gasteiger partial charge in [0.05, 0.1) is 0 Å². The summed E-state index contributed by atoms with van der Waals surface area (Å²) >= 11 is 1.84. The molecule has 0 amide bonds. The SMILES string of the molecule is c1ccc(-c2ccc(-c3cccc(-c4c5ccccc5c(-c5ccc6c(c5)oc5cc7ccccc7cc56)c5cc(-c6c7ccccc7cc7oc8ccccc8c67)ccc45)c3)s2)cc1. The van der Waals surface area contributed by atoms with E-state index in [4.69, 9.17) is 8.83 Å². The van der Waals surface area contributed by atoms with E-state index < -0.39 is 0 Å². The van der Waals surface area contributed by atoms with E-state index in [2.05, 4.69) is 218 Å². The molecule has 3 aromatic heterocycles. The molecule has 65 heavy (non-hydrogen) atoms. The normalized spacial score (nSPS) is 12.0. The molecule has 14 aromatic rings.